The average Bonchev–Trinajstić information content (AvgIpc) is 3.44. The molecule has 0 aliphatic carbocycles. The Balaban J connectivity index is 0.00000363. The normalized spacial score (nSPS) is 16.3. The van der Waals surface area contributed by atoms with Crippen LogP contribution in [0.2, 0.25) is 0 Å². The van der Waals surface area contributed by atoms with Gasteiger partial charge in [0.1, 0.15) is 12.4 Å². The van der Waals surface area contributed by atoms with Crippen LogP contribution in [-0.2, 0) is 13.6 Å². The number of aromatic nitrogens is 2. The van der Waals surface area contributed by atoms with Crippen molar-refractivity contribution in [2.24, 2.45) is 12.0 Å². The van der Waals surface area contributed by atoms with Gasteiger partial charge >= 0.3 is 0 Å². The molecule has 1 aliphatic heterocycles. The van der Waals surface area contributed by atoms with Crippen molar-refractivity contribution in [3.8, 4) is 5.75 Å². The van der Waals surface area contributed by atoms with E-state index < -0.39 is 0 Å². The lowest BCUT2D eigenvalue weighted by atomic mass is 10.0. The van der Waals surface area contributed by atoms with Gasteiger partial charge in [0, 0.05) is 50.9 Å². The summed E-state index contributed by atoms with van der Waals surface area (Å²) >= 11 is 0. The number of benzene rings is 1. The first-order chi connectivity index (χ1) is 15.1. The van der Waals surface area contributed by atoms with Crippen molar-refractivity contribution in [1.82, 2.24) is 24.9 Å². The topological polar surface area (TPSA) is 57.9 Å². The van der Waals surface area contributed by atoms with Crippen LogP contribution in [0.5, 0.6) is 5.75 Å². The number of likely N-dealkylation sites (N-methyl/N-ethyl adjacent to an activating group) is 1. The number of ether oxygens (including phenoxy) is 1. The van der Waals surface area contributed by atoms with Gasteiger partial charge in [0.25, 0.3) is 0 Å². The molecular weight excluding hydrogens is 515 g/mol. The van der Waals surface area contributed by atoms with E-state index in [1.807, 2.05) is 30.1 Å². The molecule has 1 N–H and O–H groups in total. The van der Waals surface area contributed by atoms with E-state index in [4.69, 9.17) is 9.73 Å². The fourth-order valence-corrected chi connectivity index (χ4v) is 4.06. The highest BCUT2D eigenvalue weighted by Crippen LogP contribution is 2.27. The number of halogens is 1. The highest BCUT2D eigenvalue weighted by atomic mass is 127. The Bertz CT molecular complexity index is 835. The van der Waals surface area contributed by atoms with Crippen molar-refractivity contribution in [3.05, 3.63) is 47.8 Å². The van der Waals surface area contributed by atoms with Gasteiger partial charge in [-0.15, -0.1) is 24.0 Å². The molecule has 0 amide bonds. The lowest BCUT2D eigenvalue weighted by Crippen LogP contribution is -2.40. The summed E-state index contributed by atoms with van der Waals surface area (Å²) < 4.78 is 8.00. The molecule has 3 rings (SSSR count). The van der Waals surface area contributed by atoms with Crippen LogP contribution in [0.15, 0.2) is 41.7 Å². The van der Waals surface area contributed by atoms with Crippen LogP contribution in [0.3, 0.4) is 0 Å². The van der Waals surface area contributed by atoms with E-state index >= 15 is 0 Å². The third-order valence-corrected chi connectivity index (χ3v) is 5.95. The molecule has 1 aromatic heterocycles. The van der Waals surface area contributed by atoms with Gasteiger partial charge in [-0.1, -0.05) is 32.0 Å². The quantitative estimate of drug-likeness (QED) is 0.276. The summed E-state index contributed by atoms with van der Waals surface area (Å²) in [5.74, 6) is 2.42. The maximum absolute atomic E-state index is 6.11. The highest BCUT2D eigenvalue weighted by Gasteiger charge is 2.26. The third-order valence-electron chi connectivity index (χ3n) is 5.95. The summed E-state index contributed by atoms with van der Waals surface area (Å²) in [5.41, 5.74) is 2.44. The maximum atomic E-state index is 6.11. The van der Waals surface area contributed by atoms with E-state index in [1.54, 1.807) is 0 Å². The molecule has 1 unspecified atom stereocenters. The van der Waals surface area contributed by atoms with Gasteiger partial charge in [0.05, 0.1) is 12.7 Å². The van der Waals surface area contributed by atoms with Gasteiger partial charge in [-0.05, 0) is 38.1 Å². The second-order valence-corrected chi connectivity index (χ2v) is 8.03. The number of aryl methyl sites for hydroxylation is 1. The summed E-state index contributed by atoms with van der Waals surface area (Å²) in [5, 5.41) is 7.81. The number of rotatable bonds is 10. The van der Waals surface area contributed by atoms with E-state index in [0.717, 1.165) is 63.0 Å². The van der Waals surface area contributed by atoms with E-state index in [9.17, 15) is 0 Å². The van der Waals surface area contributed by atoms with Gasteiger partial charge in [-0.3, -0.25) is 4.68 Å². The molecular formula is C24H39IN6O. The second kappa shape index (κ2) is 13.7. The van der Waals surface area contributed by atoms with Crippen LogP contribution in [0.1, 0.15) is 44.2 Å². The van der Waals surface area contributed by atoms with Crippen molar-refractivity contribution in [3.63, 3.8) is 0 Å². The number of nitrogens with zero attached hydrogens (tertiary/aromatic N) is 5. The molecule has 1 fully saturated rings. The lowest BCUT2D eigenvalue weighted by Gasteiger charge is -2.22. The van der Waals surface area contributed by atoms with Gasteiger partial charge < -0.3 is 19.9 Å². The number of hydrogen-bond acceptors (Lipinski definition) is 4. The second-order valence-electron chi connectivity index (χ2n) is 8.03. The first-order valence-electron chi connectivity index (χ1n) is 11.6. The fraction of sp³-hybridized carbons (Fsp3) is 0.583. The lowest BCUT2D eigenvalue weighted by molar-refractivity contribution is 0.221. The monoisotopic (exact) mass is 554 g/mol. The smallest absolute Gasteiger partial charge is 0.194 e. The molecule has 178 valence electrons. The van der Waals surface area contributed by atoms with Crippen LogP contribution in [0, 0.1) is 0 Å². The zero-order valence-corrected chi connectivity index (χ0v) is 22.3. The first kappa shape index (κ1) is 26.4. The number of aliphatic imine (C=N–C) groups is 1. The SMILES string of the molecule is CCNC(=NCc1ccccc1OCCN(CC)CC)N1CCC(c2cnn(C)c2)C1.I. The fourth-order valence-electron chi connectivity index (χ4n) is 4.06. The van der Waals surface area contributed by atoms with Crippen molar-refractivity contribution in [1.29, 1.82) is 0 Å². The Hall–Kier alpha value is -1.81. The molecule has 0 saturated carbocycles. The number of para-hydroxylation sites is 1. The highest BCUT2D eigenvalue weighted by molar-refractivity contribution is 14.0. The van der Waals surface area contributed by atoms with E-state index in [-0.39, 0.29) is 24.0 Å². The Morgan fingerprint density at radius 2 is 2.03 bits per heavy atom. The zero-order valence-electron chi connectivity index (χ0n) is 20.0. The molecule has 7 nitrogen and oxygen atoms in total. The molecule has 2 aromatic rings. The maximum Gasteiger partial charge on any atom is 0.194 e. The van der Waals surface area contributed by atoms with Gasteiger partial charge in [0.15, 0.2) is 5.96 Å². The molecule has 2 heterocycles. The Labute approximate surface area is 210 Å². The molecule has 8 heteroatoms. The molecule has 1 atom stereocenters. The van der Waals surface area contributed by atoms with Crippen LogP contribution < -0.4 is 10.1 Å². The zero-order chi connectivity index (χ0) is 22.1. The number of guanidine groups is 1. The van der Waals surface area contributed by atoms with E-state index in [1.165, 1.54) is 5.56 Å². The largest absolute Gasteiger partial charge is 0.492 e. The third kappa shape index (κ3) is 7.37. The molecule has 32 heavy (non-hydrogen) atoms. The van der Waals surface area contributed by atoms with Crippen LogP contribution >= 0.6 is 24.0 Å². The standard InChI is InChI=1S/C24H38N6O.HI/c1-5-25-24(30-13-12-21(19-30)22-17-27-28(4)18-22)26-16-20-10-8-9-11-23(20)31-15-14-29(6-2)7-3;/h8-11,17-18,21H,5-7,12-16,19H2,1-4H3,(H,25,26);1H. The molecule has 0 radical (unpaired) electrons. The van der Waals surface area contributed by atoms with Crippen molar-refractivity contribution < 1.29 is 4.74 Å². The number of likely N-dealkylation sites (tertiary alicyclic amines) is 1. The molecule has 1 saturated heterocycles. The summed E-state index contributed by atoms with van der Waals surface area (Å²) in [7, 11) is 1.98. The Morgan fingerprint density at radius 1 is 1.25 bits per heavy atom. The molecule has 0 bridgehead atoms. The minimum Gasteiger partial charge on any atom is -0.492 e. The first-order valence-corrected chi connectivity index (χ1v) is 11.6. The predicted molar refractivity (Wildman–Crippen MR) is 142 cm³/mol. The Kier molecular flexibility index (Phi) is 11.3. The van der Waals surface area contributed by atoms with Gasteiger partial charge in [-0.2, -0.15) is 5.10 Å². The summed E-state index contributed by atoms with van der Waals surface area (Å²) in [6, 6.07) is 8.25. The minimum absolute atomic E-state index is 0. The van der Waals surface area contributed by atoms with Crippen molar-refractivity contribution >= 4 is 29.9 Å². The molecule has 1 aliphatic rings. The predicted octanol–water partition coefficient (Wildman–Crippen LogP) is 3.71. The minimum atomic E-state index is 0. The molecule has 1 aromatic carbocycles. The molecule has 0 spiro atoms. The van der Waals surface area contributed by atoms with Crippen molar-refractivity contribution in [2.75, 3.05) is 45.9 Å². The van der Waals surface area contributed by atoms with E-state index in [2.05, 4.69) is 59.3 Å². The van der Waals surface area contributed by atoms with Gasteiger partial charge in [-0.25, -0.2) is 4.99 Å². The Morgan fingerprint density at radius 3 is 2.72 bits per heavy atom. The van der Waals surface area contributed by atoms with Crippen LogP contribution in [-0.4, -0.2) is 71.4 Å². The summed E-state index contributed by atoms with van der Waals surface area (Å²) in [4.78, 5) is 9.69. The van der Waals surface area contributed by atoms with Crippen LogP contribution in [0.25, 0.3) is 0 Å². The van der Waals surface area contributed by atoms with Gasteiger partial charge in [0.2, 0.25) is 0 Å². The summed E-state index contributed by atoms with van der Waals surface area (Å²) in [6.45, 7) is 13.7. The van der Waals surface area contributed by atoms with E-state index in [0.29, 0.717) is 19.1 Å². The average molecular weight is 555 g/mol. The van der Waals surface area contributed by atoms with Crippen LogP contribution in [0.4, 0.5) is 0 Å². The van der Waals surface area contributed by atoms with Crippen molar-refractivity contribution in [2.45, 2.75) is 39.7 Å². The number of hydrogen-bond donors (Lipinski definition) is 1. The summed E-state index contributed by atoms with van der Waals surface area (Å²) in [6.07, 6.45) is 5.25. The number of nitrogens with one attached hydrogen (secondary N) is 1.